The summed E-state index contributed by atoms with van der Waals surface area (Å²) in [4.78, 5) is 12.9. The summed E-state index contributed by atoms with van der Waals surface area (Å²) >= 11 is 0. The highest BCUT2D eigenvalue weighted by Crippen LogP contribution is 2.33. The van der Waals surface area contributed by atoms with Crippen molar-refractivity contribution in [3.05, 3.63) is 107 Å². The van der Waals surface area contributed by atoms with Gasteiger partial charge in [-0.15, -0.1) is 0 Å². The molecule has 0 radical (unpaired) electrons. The van der Waals surface area contributed by atoms with E-state index in [4.69, 9.17) is 4.42 Å². The molecule has 5 aromatic rings. The standard InChI is InChI=1S/C24H17NO2/c26-24-22-20(18-11-5-2-6-12-18)16-25(15-17-9-3-1-4-10-17)23(22)19-13-7-8-14-21(19)27-24/h1-14,16H,15H2. The first kappa shape index (κ1) is 15.6. The lowest BCUT2D eigenvalue weighted by molar-refractivity contribution is 0.569. The Morgan fingerprint density at radius 2 is 1.44 bits per heavy atom. The monoisotopic (exact) mass is 351 g/mol. The molecular weight excluding hydrogens is 334 g/mol. The maximum Gasteiger partial charge on any atom is 0.346 e. The van der Waals surface area contributed by atoms with Crippen LogP contribution >= 0.6 is 0 Å². The van der Waals surface area contributed by atoms with Crippen molar-refractivity contribution in [3.63, 3.8) is 0 Å². The van der Waals surface area contributed by atoms with Crippen LogP contribution in [-0.4, -0.2) is 4.57 Å². The Morgan fingerprint density at radius 3 is 2.22 bits per heavy atom. The predicted molar refractivity (Wildman–Crippen MR) is 109 cm³/mol. The molecule has 0 bridgehead atoms. The highest BCUT2D eigenvalue weighted by molar-refractivity contribution is 6.08. The molecule has 5 rings (SSSR count). The number of rotatable bonds is 3. The molecule has 0 amide bonds. The third kappa shape index (κ3) is 2.64. The van der Waals surface area contributed by atoms with E-state index < -0.39 is 0 Å². The summed E-state index contributed by atoms with van der Waals surface area (Å²) in [5.41, 5.74) is 4.34. The summed E-state index contributed by atoms with van der Waals surface area (Å²) in [6.45, 7) is 0.692. The van der Waals surface area contributed by atoms with Crippen molar-refractivity contribution in [2.24, 2.45) is 0 Å². The highest BCUT2D eigenvalue weighted by Gasteiger charge is 2.18. The average molecular weight is 351 g/mol. The molecule has 0 aliphatic heterocycles. The minimum absolute atomic E-state index is 0.297. The van der Waals surface area contributed by atoms with Crippen LogP contribution in [0.1, 0.15) is 5.56 Å². The van der Waals surface area contributed by atoms with Crippen molar-refractivity contribution in [3.8, 4) is 11.1 Å². The van der Waals surface area contributed by atoms with Crippen LogP contribution in [0, 0.1) is 0 Å². The third-order valence-corrected chi connectivity index (χ3v) is 4.91. The molecule has 2 heterocycles. The van der Waals surface area contributed by atoms with Crippen molar-refractivity contribution in [2.75, 3.05) is 0 Å². The largest absolute Gasteiger partial charge is 0.422 e. The van der Waals surface area contributed by atoms with Crippen LogP contribution < -0.4 is 5.63 Å². The Bertz CT molecular complexity index is 1300. The first-order valence-corrected chi connectivity index (χ1v) is 8.95. The molecule has 130 valence electrons. The van der Waals surface area contributed by atoms with Gasteiger partial charge < -0.3 is 8.98 Å². The van der Waals surface area contributed by atoms with Crippen molar-refractivity contribution in [1.29, 1.82) is 0 Å². The zero-order valence-corrected chi connectivity index (χ0v) is 14.6. The molecule has 27 heavy (non-hydrogen) atoms. The topological polar surface area (TPSA) is 35.1 Å². The fourth-order valence-electron chi connectivity index (χ4n) is 3.70. The second-order valence-electron chi connectivity index (χ2n) is 6.63. The summed E-state index contributed by atoms with van der Waals surface area (Å²) in [7, 11) is 0. The normalized spacial score (nSPS) is 11.3. The lowest BCUT2D eigenvalue weighted by Gasteiger charge is -2.07. The number of aromatic nitrogens is 1. The van der Waals surface area contributed by atoms with Crippen LogP contribution in [0.15, 0.2) is 100 Å². The minimum Gasteiger partial charge on any atom is -0.422 e. The van der Waals surface area contributed by atoms with Gasteiger partial charge in [-0.3, -0.25) is 0 Å². The third-order valence-electron chi connectivity index (χ3n) is 4.91. The van der Waals surface area contributed by atoms with E-state index in [1.165, 1.54) is 5.56 Å². The second-order valence-corrected chi connectivity index (χ2v) is 6.63. The van der Waals surface area contributed by atoms with Gasteiger partial charge in [-0.05, 0) is 23.3 Å². The summed E-state index contributed by atoms with van der Waals surface area (Å²) in [6, 6.07) is 28.0. The molecule has 3 heteroatoms. The van der Waals surface area contributed by atoms with Crippen molar-refractivity contribution >= 4 is 21.9 Å². The Morgan fingerprint density at radius 1 is 0.778 bits per heavy atom. The van der Waals surface area contributed by atoms with E-state index in [1.807, 2.05) is 72.8 Å². The van der Waals surface area contributed by atoms with Crippen molar-refractivity contribution in [2.45, 2.75) is 6.54 Å². The Balaban J connectivity index is 1.87. The van der Waals surface area contributed by atoms with E-state index >= 15 is 0 Å². The summed E-state index contributed by atoms with van der Waals surface area (Å²) in [5.74, 6) is 0. The van der Waals surface area contributed by atoms with E-state index in [1.54, 1.807) is 0 Å². The van der Waals surface area contributed by atoms with Gasteiger partial charge in [-0.2, -0.15) is 0 Å². The first-order chi connectivity index (χ1) is 13.3. The summed E-state index contributed by atoms with van der Waals surface area (Å²) in [5, 5.41) is 1.58. The van der Waals surface area contributed by atoms with Crippen LogP contribution in [0.4, 0.5) is 0 Å². The lowest BCUT2D eigenvalue weighted by Crippen LogP contribution is -2.03. The molecule has 0 fully saturated rings. The van der Waals surface area contributed by atoms with Gasteiger partial charge in [0, 0.05) is 23.7 Å². The van der Waals surface area contributed by atoms with E-state index in [0.717, 1.165) is 22.0 Å². The minimum atomic E-state index is -0.297. The molecule has 0 N–H and O–H groups in total. The molecule has 0 atom stereocenters. The number of fused-ring (bicyclic) bond motifs is 3. The molecule has 0 saturated carbocycles. The lowest BCUT2D eigenvalue weighted by atomic mass is 10.1. The van der Waals surface area contributed by atoms with E-state index in [-0.39, 0.29) is 5.63 Å². The number of hydrogen-bond acceptors (Lipinski definition) is 2. The molecule has 0 unspecified atom stereocenters. The van der Waals surface area contributed by atoms with Crippen molar-refractivity contribution < 1.29 is 4.42 Å². The van der Waals surface area contributed by atoms with Gasteiger partial charge >= 0.3 is 5.63 Å². The zero-order valence-electron chi connectivity index (χ0n) is 14.6. The van der Waals surface area contributed by atoms with Crippen LogP contribution in [0.25, 0.3) is 33.0 Å². The van der Waals surface area contributed by atoms with E-state index in [2.05, 4.69) is 22.9 Å². The summed E-state index contributed by atoms with van der Waals surface area (Å²) in [6.07, 6.45) is 2.07. The predicted octanol–water partition coefficient (Wildman–Crippen LogP) is 5.46. The quantitative estimate of drug-likeness (QED) is 0.404. The molecule has 0 saturated heterocycles. The van der Waals surface area contributed by atoms with Crippen LogP contribution in [0.5, 0.6) is 0 Å². The zero-order chi connectivity index (χ0) is 18.2. The highest BCUT2D eigenvalue weighted by atomic mass is 16.4. The molecule has 3 aromatic carbocycles. The van der Waals surface area contributed by atoms with Crippen LogP contribution in [-0.2, 0) is 6.54 Å². The maximum atomic E-state index is 12.9. The van der Waals surface area contributed by atoms with Gasteiger partial charge in [0.1, 0.15) is 5.58 Å². The van der Waals surface area contributed by atoms with E-state index in [0.29, 0.717) is 17.5 Å². The number of nitrogens with zero attached hydrogens (tertiary/aromatic N) is 1. The van der Waals surface area contributed by atoms with Gasteiger partial charge in [0.25, 0.3) is 0 Å². The average Bonchev–Trinajstić information content (AvgIpc) is 3.10. The fourth-order valence-corrected chi connectivity index (χ4v) is 3.70. The van der Waals surface area contributed by atoms with Gasteiger partial charge in [-0.1, -0.05) is 72.8 Å². The smallest absolute Gasteiger partial charge is 0.346 e. The molecule has 2 aromatic heterocycles. The fraction of sp³-hybridized carbons (Fsp3) is 0.0417. The molecule has 0 aliphatic carbocycles. The SMILES string of the molecule is O=c1oc2ccccc2c2c1c(-c1ccccc1)cn2Cc1ccccc1. The van der Waals surface area contributed by atoms with Gasteiger partial charge in [0.15, 0.2) is 0 Å². The van der Waals surface area contributed by atoms with Gasteiger partial charge in [0.05, 0.1) is 10.9 Å². The Kier molecular flexibility index (Phi) is 3.65. The number of para-hydroxylation sites is 1. The van der Waals surface area contributed by atoms with Crippen LogP contribution in [0.2, 0.25) is 0 Å². The molecular formula is C24H17NO2. The number of benzene rings is 3. The van der Waals surface area contributed by atoms with Crippen LogP contribution in [0.3, 0.4) is 0 Å². The van der Waals surface area contributed by atoms with Gasteiger partial charge in [0.2, 0.25) is 0 Å². The van der Waals surface area contributed by atoms with Crippen molar-refractivity contribution in [1.82, 2.24) is 4.57 Å². The second kappa shape index (κ2) is 6.29. The Hall–Kier alpha value is -3.59. The first-order valence-electron chi connectivity index (χ1n) is 8.95. The van der Waals surface area contributed by atoms with Gasteiger partial charge in [-0.25, -0.2) is 4.79 Å². The summed E-state index contributed by atoms with van der Waals surface area (Å²) < 4.78 is 7.79. The number of hydrogen-bond donors (Lipinski definition) is 0. The molecule has 0 aliphatic rings. The molecule has 0 spiro atoms. The van der Waals surface area contributed by atoms with E-state index in [9.17, 15) is 4.79 Å². The Labute approximate surface area is 156 Å². The molecule has 3 nitrogen and oxygen atoms in total. The maximum absolute atomic E-state index is 12.9.